The van der Waals surface area contributed by atoms with Crippen LogP contribution in [0.2, 0.25) is 5.02 Å². The number of carbonyl (C=O) groups excluding carboxylic acids is 1. The Morgan fingerprint density at radius 3 is 2.62 bits per heavy atom. The minimum absolute atomic E-state index is 0.167. The molecule has 0 atom stereocenters. The Kier molecular flexibility index (Phi) is 4.81. The molecule has 110 valence electrons. The summed E-state index contributed by atoms with van der Waals surface area (Å²) in [6.07, 6.45) is 0. The Morgan fingerprint density at radius 1 is 1.24 bits per heavy atom. The van der Waals surface area contributed by atoms with E-state index in [1.165, 1.54) is 13.0 Å². The van der Waals surface area contributed by atoms with E-state index in [-0.39, 0.29) is 11.7 Å². The van der Waals surface area contributed by atoms with Gasteiger partial charge in [0.05, 0.1) is 10.7 Å². The molecular weight excluding hydrogens is 291 g/mol. The van der Waals surface area contributed by atoms with Crippen molar-refractivity contribution in [2.24, 2.45) is 0 Å². The molecule has 0 saturated heterocycles. The quantitative estimate of drug-likeness (QED) is 0.881. The first-order valence-electron chi connectivity index (χ1n) is 6.52. The molecule has 0 aromatic heterocycles. The van der Waals surface area contributed by atoms with Crippen molar-refractivity contribution in [2.45, 2.75) is 20.4 Å². The Bertz CT molecular complexity index is 673. The number of halogens is 2. The molecule has 1 amide bonds. The van der Waals surface area contributed by atoms with Crippen LogP contribution in [0.15, 0.2) is 36.4 Å². The molecule has 0 spiro atoms. The van der Waals surface area contributed by atoms with Crippen LogP contribution in [0.5, 0.6) is 0 Å². The molecule has 0 saturated carbocycles. The van der Waals surface area contributed by atoms with Gasteiger partial charge < -0.3 is 10.6 Å². The van der Waals surface area contributed by atoms with Crippen molar-refractivity contribution < 1.29 is 9.18 Å². The van der Waals surface area contributed by atoms with E-state index in [2.05, 4.69) is 10.6 Å². The molecule has 3 nitrogen and oxygen atoms in total. The van der Waals surface area contributed by atoms with Crippen LogP contribution in [0, 0.1) is 12.7 Å². The number of benzene rings is 2. The van der Waals surface area contributed by atoms with Crippen LogP contribution in [0.4, 0.5) is 15.8 Å². The van der Waals surface area contributed by atoms with E-state index < -0.39 is 0 Å². The summed E-state index contributed by atoms with van der Waals surface area (Å²) in [4.78, 5) is 11.0. The van der Waals surface area contributed by atoms with Crippen LogP contribution in [-0.4, -0.2) is 5.91 Å². The number of hydrogen-bond donors (Lipinski definition) is 2. The summed E-state index contributed by atoms with van der Waals surface area (Å²) in [7, 11) is 0. The van der Waals surface area contributed by atoms with Crippen LogP contribution in [0.1, 0.15) is 18.1 Å². The zero-order chi connectivity index (χ0) is 15.4. The van der Waals surface area contributed by atoms with Crippen molar-refractivity contribution in [3.8, 4) is 0 Å². The van der Waals surface area contributed by atoms with E-state index >= 15 is 0 Å². The maximum Gasteiger partial charge on any atom is 0.221 e. The number of hydrogen-bond acceptors (Lipinski definition) is 2. The summed E-state index contributed by atoms with van der Waals surface area (Å²) in [5.74, 6) is -0.374. The summed E-state index contributed by atoms with van der Waals surface area (Å²) in [6.45, 7) is 3.73. The van der Waals surface area contributed by atoms with E-state index in [4.69, 9.17) is 11.6 Å². The SMILES string of the molecule is CC(=O)Nc1ccc(NCc2ccc(F)c(C)c2)cc1Cl. The van der Waals surface area contributed by atoms with E-state index in [0.717, 1.165) is 11.3 Å². The van der Waals surface area contributed by atoms with Gasteiger partial charge in [-0.05, 0) is 42.3 Å². The standard InChI is InChI=1S/C16H16ClFN2O/c1-10-7-12(3-5-15(10)18)9-19-13-4-6-16(14(17)8-13)20-11(2)21/h3-8,19H,9H2,1-2H3,(H,20,21). The molecule has 2 aromatic rings. The number of rotatable bonds is 4. The van der Waals surface area contributed by atoms with Gasteiger partial charge in [-0.25, -0.2) is 4.39 Å². The van der Waals surface area contributed by atoms with Crippen LogP contribution < -0.4 is 10.6 Å². The normalized spacial score (nSPS) is 10.3. The molecule has 0 bridgehead atoms. The zero-order valence-corrected chi connectivity index (χ0v) is 12.6. The number of carbonyl (C=O) groups is 1. The zero-order valence-electron chi connectivity index (χ0n) is 11.8. The predicted molar refractivity (Wildman–Crippen MR) is 84.2 cm³/mol. The molecule has 0 aliphatic rings. The summed E-state index contributed by atoms with van der Waals surface area (Å²) < 4.78 is 13.2. The van der Waals surface area contributed by atoms with Gasteiger partial charge in [0.2, 0.25) is 5.91 Å². The van der Waals surface area contributed by atoms with Crippen molar-refractivity contribution in [3.63, 3.8) is 0 Å². The highest BCUT2D eigenvalue weighted by molar-refractivity contribution is 6.34. The average molecular weight is 307 g/mol. The first kappa shape index (κ1) is 15.3. The topological polar surface area (TPSA) is 41.1 Å². The van der Waals surface area contributed by atoms with Gasteiger partial charge in [0.15, 0.2) is 0 Å². The molecule has 2 aromatic carbocycles. The van der Waals surface area contributed by atoms with Crippen LogP contribution in [-0.2, 0) is 11.3 Å². The van der Waals surface area contributed by atoms with Gasteiger partial charge in [0, 0.05) is 19.2 Å². The van der Waals surface area contributed by atoms with E-state index in [1.54, 1.807) is 31.2 Å². The number of amides is 1. The molecule has 2 rings (SSSR count). The van der Waals surface area contributed by atoms with Crippen LogP contribution in [0.3, 0.4) is 0 Å². The average Bonchev–Trinajstić information content (AvgIpc) is 2.42. The van der Waals surface area contributed by atoms with Gasteiger partial charge in [-0.1, -0.05) is 23.7 Å². The molecule has 0 fully saturated rings. The second kappa shape index (κ2) is 6.59. The van der Waals surface area contributed by atoms with Gasteiger partial charge >= 0.3 is 0 Å². The Labute approximate surface area is 128 Å². The first-order chi connectivity index (χ1) is 9.95. The fraction of sp³-hybridized carbons (Fsp3) is 0.188. The fourth-order valence-corrected chi connectivity index (χ4v) is 2.16. The molecular formula is C16H16ClFN2O. The minimum Gasteiger partial charge on any atom is -0.381 e. The van der Waals surface area contributed by atoms with Crippen molar-refractivity contribution in [3.05, 3.63) is 58.4 Å². The lowest BCUT2D eigenvalue weighted by Crippen LogP contribution is -2.06. The van der Waals surface area contributed by atoms with Crippen molar-refractivity contribution in [1.82, 2.24) is 0 Å². The summed E-state index contributed by atoms with van der Waals surface area (Å²) in [6, 6.07) is 10.3. The smallest absolute Gasteiger partial charge is 0.221 e. The first-order valence-corrected chi connectivity index (χ1v) is 6.89. The van der Waals surface area contributed by atoms with Gasteiger partial charge in [-0.3, -0.25) is 4.79 Å². The number of anilines is 2. The van der Waals surface area contributed by atoms with Gasteiger partial charge in [0.25, 0.3) is 0 Å². The van der Waals surface area contributed by atoms with Gasteiger partial charge in [-0.15, -0.1) is 0 Å². The van der Waals surface area contributed by atoms with Crippen LogP contribution in [0.25, 0.3) is 0 Å². The maximum absolute atomic E-state index is 13.2. The van der Waals surface area contributed by atoms with Crippen LogP contribution >= 0.6 is 11.6 Å². The van der Waals surface area contributed by atoms with E-state index in [0.29, 0.717) is 22.8 Å². The predicted octanol–water partition coefficient (Wildman–Crippen LogP) is 4.36. The highest BCUT2D eigenvalue weighted by Gasteiger charge is 2.04. The molecule has 2 N–H and O–H groups in total. The summed E-state index contributed by atoms with van der Waals surface area (Å²) in [5, 5.41) is 6.32. The monoisotopic (exact) mass is 306 g/mol. The van der Waals surface area contributed by atoms with Gasteiger partial charge in [-0.2, -0.15) is 0 Å². The minimum atomic E-state index is -0.207. The lowest BCUT2D eigenvalue weighted by molar-refractivity contribution is -0.114. The number of aryl methyl sites for hydroxylation is 1. The second-order valence-electron chi connectivity index (χ2n) is 4.81. The molecule has 0 aliphatic heterocycles. The van der Waals surface area contributed by atoms with E-state index in [1.807, 2.05) is 6.07 Å². The fourth-order valence-electron chi connectivity index (χ4n) is 1.94. The summed E-state index contributed by atoms with van der Waals surface area (Å²) in [5.41, 5.74) is 3.01. The highest BCUT2D eigenvalue weighted by Crippen LogP contribution is 2.25. The van der Waals surface area contributed by atoms with Gasteiger partial charge in [0.1, 0.15) is 5.82 Å². The third-order valence-corrected chi connectivity index (χ3v) is 3.31. The highest BCUT2D eigenvalue weighted by atomic mass is 35.5. The van der Waals surface area contributed by atoms with Crippen molar-refractivity contribution >= 4 is 28.9 Å². The molecule has 21 heavy (non-hydrogen) atoms. The Balaban J connectivity index is 2.04. The lowest BCUT2D eigenvalue weighted by Gasteiger charge is -2.10. The maximum atomic E-state index is 13.2. The van der Waals surface area contributed by atoms with E-state index in [9.17, 15) is 9.18 Å². The lowest BCUT2D eigenvalue weighted by atomic mass is 10.1. The number of nitrogens with one attached hydrogen (secondary N) is 2. The Morgan fingerprint density at radius 2 is 2.00 bits per heavy atom. The molecule has 0 heterocycles. The molecule has 0 aliphatic carbocycles. The summed E-state index contributed by atoms with van der Waals surface area (Å²) >= 11 is 6.10. The molecule has 5 heteroatoms. The largest absolute Gasteiger partial charge is 0.381 e. The van der Waals surface area contributed by atoms with Crippen molar-refractivity contribution in [2.75, 3.05) is 10.6 Å². The molecule has 0 unspecified atom stereocenters. The second-order valence-corrected chi connectivity index (χ2v) is 5.22. The molecule has 0 radical (unpaired) electrons. The third kappa shape index (κ3) is 4.20. The third-order valence-electron chi connectivity index (χ3n) is 3.00. The Hall–Kier alpha value is -2.07. The van der Waals surface area contributed by atoms with Crippen molar-refractivity contribution in [1.29, 1.82) is 0 Å².